The van der Waals surface area contributed by atoms with Crippen molar-refractivity contribution in [1.82, 2.24) is 24.6 Å². The van der Waals surface area contributed by atoms with E-state index in [-0.39, 0.29) is 0 Å². The minimum absolute atomic E-state index is 0.493. The minimum atomic E-state index is 0.493. The van der Waals surface area contributed by atoms with Crippen LogP contribution >= 0.6 is 11.8 Å². The lowest BCUT2D eigenvalue weighted by molar-refractivity contribution is 0.223. The summed E-state index contributed by atoms with van der Waals surface area (Å²) in [5, 5.41) is 9.99. The number of thioether (sulfide) groups is 1. The van der Waals surface area contributed by atoms with Gasteiger partial charge in [-0.3, -0.25) is 9.88 Å². The first kappa shape index (κ1) is 20.8. The lowest BCUT2D eigenvalue weighted by Crippen LogP contribution is -2.34. The van der Waals surface area contributed by atoms with E-state index in [1.54, 1.807) is 11.8 Å². The predicted octanol–water partition coefficient (Wildman–Crippen LogP) is 4.79. The van der Waals surface area contributed by atoms with Crippen molar-refractivity contribution in [2.75, 3.05) is 19.6 Å². The molecular formula is C24H29N5S. The smallest absolute Gasteiger partial charge is 0.191 e. The van der Waals surface area contributed by atoms with E-state index in [1.165, 1.54) is 16.7 Å². The quantitative estimate of drug-likeness (QED) is 0.516. The number of hydrogen-bond donors (Lipinski definition) is 0. The Kier molecular flexibility index (Phi) is 6.97. The van der Waals surface area contributed by atoms with E-state index in [1.807, 2.05) is 24.5 Å². The maximum Gasteiger partial charge on any atom is 0.191 e. The van der Waals surface area contributed by atoms with Crippen LogP contribution in [0.1, 0.15) is 42.6 Å². The molecule has 1 saturated heterocycles. The SMILES string of the molecule is CC(=Cc1ccccc1)CN1CCC(c2nnc(SCc3ccncc3)n2C)CC1. The number of hydrogen-bond acceptors (Lipinski definition) is 5. The normalized spacial score (nSPS) is 16.1. The molecule has 3 heterocycles. The van der Waals surface area contributed by atoms with Crippen LogP contribution in [0.3, 0.4) is 0 Å². The highest BCUT2D eigenvalue weighted by molar-refractivity contribution is 7.98. The summed E-state index contributed by atoms with van der Waals surface area (Å²) in [6.45, 7) is 5.48. The van der Waals surface area contributed by atoms with Crippen molar-refractivity contribution in [3.8, 4) is 0 Å². The number of nitrogens with zero attached hydrogens (tertiary/aromatic N) is 5. The van der Waals surface area contributed by atoms with Gasteiger partial charge in [0, 0.05) is 37.7 Å². The maximum absolute atomic E-state index is 4.54. The van der Waals surface area contributed by atoms with Gasteiger partial charge in [0.15, 0.2) is 5.16 Å². The molecule has 0 unspecified atom stereocenters. The molecule has 0 atom stereocenters. The van der Waals surface area contributed by atoms with Crippen molar-refractivity contribution in [1.29, 1.82) is 0 Å². The zero-order valence-electron chi connectivity index (χ0n) is 17.7. The van der Waals surface area contributed by atoms with Crippen molar-refractivity contribution in [3.05, 3.63) is 77.4 Å². The molecule has 1 aliphatic heterocycles. The average molecular weight is 420 g/mol. The summed E-state index contributed by atoms with van der Waals surface area (Å²) in [7, 11) is 2.10. The molecular weight excluding hydrogens is 390 g/mol. The summed E-state index contributed by atoms with van der Waals surface area (Å²) < 4.78 is 2.19. The number of rotatable bonds is 7. The largest absolute Gasteiger partial charge is 0.309 e. The summed E-state index contributed by atoms with van der Waals surface area (Å²) in [4.78, 5) is 6.63. The van der Waals surface area contributed by atoms with Crippen LogP contribution in [0.4, 0.5) is 0 Å². The van der Waals surface area contributed by atoms with Crippen molar-refractivity contribution in [2.45, 2.75) is 36.6 Å². The fourth-order valence-corrected chi connectivity index (χ4v) is 4.89. The van der Waals surface area contributed by atoms with E-state index in [0.717, 1.165) is 49.2 Å². The van der Waals surface area contributed by atoms with Gasteiger partial charge in [0.1, 0.15) is 5.82 Å². The van der Waals surface area contributed by atoms with Crippen LogP contribution in [0.25, 0.3) is 6.08 Å². The molecule has 1 aliphatic rings. The Morgan fingerprint density at radius 1 is 1.07 bits per heavy atom. The van der Waals surface area contributed by atoms with Crippen LogP contribution in [0, 0.1) is 0 Å². The first-order valence-electron chi connectivity index (χ1n) is 10.5. The fraction of sp³-hybridized carbons (Fsp3) is 0.375. The molecule has 4 rings (SSSR count). The molecule has 156 valence electrons. The predicted molar refractivity (Wildman–Crippen MR) is 123 cm³/mol. The molecule has 1 aromatic carbocycles. The van der Waals surface area contributed by atoms with Crippen molar-refractivity contribution >= 4 is 17.8 Å². The van der Waals surface area contributed by atoms with Gasteiger partial charge in [0.05, 0.1) is 0 Å². The Morgan fingerprint density at radius 2 is 1.80 bits per heavy atom. The Balaban J connectivity index is 1.30. The van der Waals surface area contributed by atoms with E-state index in [2.05, 4.69) is 75.0 Å². The maximum atomic E-state index is 4.54. The average Bonchev–Trinajstić information content (AvgIpc) is 3.14. The van der Waals surface area contributed by atoms with Gasteiger partial charge in [-0.15, -0.1) is 10.2 Å². The Labute approximate surface area is 183 Å². The van der Waals surface area contributed by atoms with Gasteiger partial charge in [0.2, 0.25) is 0 Å². The van der Waals surface area contributed by atoms with Crippen molar-refractivity contribution in [2.24, 2.45) is 7.05 Å². The fourth-order valence-electron chi connectivity index (χ4n) is 4.02. The third-order valence-corrected chi connectivity index (χ3v) is 6.72. The van der Waals surface area contributed by atoms with Gasteiger partial charge in [-0.05, 0) is 56.1 Å². The van der Waals surface area contributed by atoms with Crippen molar-refractivity contribution in [3.63, 3.8) is 0 Å². The molecule has 0 bridgehead atoms. The molecule has 5 nitrogen and oxygen atoms in total. The zero-order chi connectivity index (χ0) is 20.8. The molecule has 1 fully saturated rings. The van der Waals surface area contributed by atoms with E-state index >= 15 is 0 Å². The highest BCUT2D eigenvalue weighted by Gasteiger charge is 2.25. The third-order valence-electron chi connectivity index (χ3n) is 5.62. The van der Waals surface area contributed by atoms with Crippen LogP contribution in [0.2, 0.25) is 0 Å². The second kappa shape index (κ2) is 10.0. The molecule has 0 spiro atoms. The highest BCUT2D eigenvalue weighted by atomic mass is 32.2. The highest BCUT2D eigenvalue weighted by Crippen LogP contribution is 2.30. The summed E-state index contributed by atoms with van der Waals surface area (Å²) >= 11 is 1.74. The number of aromatic nitrogens is 4. The molecule has 30 heavy (non-hydrogen) atoms. The minimum Gasteiger partial charge on any atom is -0.309 e. The Morgan fingerprint density at radius 3 is 2.53 bits per heavy atom. The Hall–Kier alpha value is -2.44. The molecule has 0 amide bonds. The van der Waals surface area contributed by atoms with Gasteiger partial charge in [0.25, 0.3) is 0 Å². The summed E-state index contributed by atoms with van der Waals surface area (Å²) in [6.07, 6.45) is 8.24. The van der Waals surface area contributed by atoms with Gasteiger partial charge in [-0.2, -0.15) is 0 Å². The molecule has 2 aromatic heterocycles. The standard InChI is InChI=1S/C24H29N5S/c1-19(16-20-6-4-3-5-7-20)17-29-14-10-22(11-15-29)23-26-27-24(28(23)2)30-18-21-8-12-25-13-9-21/h3-9,12-13,16,22H,10-11,14-15,17-18H2,1-2H3. The Bertz CT molecular complexity index is 960. The summed E-state index contributed by atoms with van der Waals surface area (Å²) in [5.74, 6) is 2.51. The van der Waals surface area contributed by atoms with Crippen LogP contribution in [0.15, 0.2) is 65.6 Å². The van der Waals surface area contributed by atoms with Crippen LogP contribution in [-0.2, 0) is 12.8 Å². The van der Waals surface area contributed by atoms with Crippen LogP contribution < -0.4 is 0 Å². The second-order valence-corrected chi connectivity index (χ2v) is 8.94. The topological polar surface area (TPSA) is 46.8 Å². The first-order chi connectivity index (χ1) is 14.7. The molecule has 3 aromatic rings. The molecule has 6 heteroatoms. The van der Waals surface area contributed by atoms with E-state index in [0.29, 0.717) is 5.92 Å². The van der Waals surface area contributed by atoms with Crippen LogP contribution in [-0.4, -0.2) is 44.3 Å². The van der Waals surface area contributed by atoms with Crippen LogP contribution in [0.5, 0.6) is 0 Å². The lowest BCUT2D eigenvalue weighted by Gasteiger charge is -2.31. The van der Waals surface area contributed by atoms with E-state index < -0.39 is 0 Å². The zero-order valence-corrected chi connectivity index (χ0v) is 18.6. The summed E-state index contributed by atoms with van der Waals surface area (Å²) in [6, 6.07) is 14.7. The number of pyridine rings is 1. The molecule has 0 N–H and O–H groups in total. The molecule has 0 radical (unpaired) electrons. The molecule has 0 saturated carbocycles. The number of likely N-dealkylation sites (tertiary alicyclic amines) is 1. The number of piperidine rings is 1. The summed E-state index contributed by atoms with van der Waals surface area (Å²) in [5.41, 5.74) is 3.95. The van der Waals surface area contributed by atoms with Gasteiger partial charge >= 0.3 is 0 Å². The van der Waals surface area contributed by atoms with Gasteiger partial charge in [-0.25, -0.2) is 0 Å². The number of benzene rings is 1. The molecule has 0 aliphatic carbocycles. The van der Waals surface area contributed by atoms with Crippen molar-refractivity contribution < 1.29 is 0 Å². The van der Waals surface area contributed by atoms with E-state index in [4.69, 9.17) is 0 Å². The first-order valence-corrected chi connectivity index (χ1v) is 11.5. The monoisotopic (exact) mass is 419 g/mol. The lowest BCUT2D eigenvalue weighted by atomic mass is 9.95. The third kappa shape index (κ3) is 5.37. The second-order valence-electron chi connectivity index (χ2n) is 8.00. The van der Waals surface area contributed by atoms with Gasteiger partial charge in [-0.1, -0.05) is 53.7 Å². The van der Waals surface area contributed by atoms with E-state index in [9.17, 15) is 0 Å². The van der Waals surface area contributed by atoms with Gasteiger partial charge < -0.3 is 4.57 Å².